The minimum Gasteiger partial charge on any atom is -0.419 e. The van der Waals surface area contributed by atoms with E-state index in [1.807, 2.05) is 56.6 Å². The van der Waals surface area contributed by atoms with Gasteiger partial charge in [0.05, 0.1) is 34.6 Å². The first-order chi connectivity index (χ1) is 15.4. The summed E-state index contributed by atoms with van der Waals surface area (Å²) in [5.74, 6) is 0.546. The predicted molar refractivity (Wildman–Crippen MR) is 122 cm³/mol. The molecule has 1 amide bonds. The molecule has 8 nitrogen and oxygen atoms in total. The van der Waals surface area contributed by atoms with E-state index in [1.165, 1.54) is 0 Å². The molecule has 0 aliphatic heterocycles. The third kappa shape index (κ3) is 4.23. The van der Waals surface area contributed by atoms with Gasteiger partial charge in [0.25, 0.3) is 5.91 Å². The monoisotopic (exact) mass is 452 g/mol. The van der Waals surface area contributed by atoms with E-state index in [4.69, 9.17) is 16.0 Å². The Morgan fingerprint density at radius 3 is 2.75 bits per heavy atom. The number of carbonyl (C=O) groups excluding carboxylic acids is 1. The number of nitrogens with zero attached hydrogens (tertiary/aromatic N) is 6. The van der Waals surface area contributed by atoms with E-state index in [9.17, 15) is 4.79 Å². The van der Waals surface area contributed by atoms with Crippen LogP contribution in [-0.4, -0.2) is 42.3 Å². The average molecular weight is 453 g/mol. The maximum Gasteiger partial charge on any atom is 0.256 e. The van der Waals surface area contributed by atoms with Gasteiger partial charge in [-0.05, 0) is 45.4 Å². The Morgan fingerprint density at radius 2 is 2.03 bits per heavy atom. The molecule has 0 aliphatic rings. The van der Waals surface area contributed by atoms with Crippen LogP contribution in [0.5, 0.6) is 0 Å². The molecule has 0 spiro atoms. The third-order valence-corrected chi connectivity index (χ3v) is 5.49. The summed E-state index contributed by atoms with van der Waals surface area (Å²) in [4.78, 5) is 19.8. The van der Waals surface area contributed by atoms with Crippen molar-refractivity contribution in [2.24, 2.45) is 0 Å². The number of rotatable bonds is 7. The van der Waals surface area contributed by atoms with Crippen molar-refractivity contribution in [3.05, 3.63) is 58.7 Å². The zero-order valence-corrected chi connectivity index (χ0v) is 19.3. The molecular weight excluding hydrogens is 428 g/mol. The summed E-state index contributed by atoms with van der Waals surface area (Å²) in [5.41, 5.74) is 2.64. The lowest BCUT2D eigenvalue weighted by Gasteiger charge is -2.21. The summed E-state index contributed by atoms with van der Waals surface area (Å²) >= 11 is 6.23. The third-order valence-electron chi connectivity index (χ3n) is 5.16. The Kier molecular flexibility index (Phi) is 6.23. The van der Waals surface area contributed by atoms with Gasteiger partial charge in [0, 0.05) is 18.0 Å². The molecule has 0 radical (unpaired) electrons. The van der Waals surface area contributed by atoms with Crippen LogP contribution in [0.3, 0.4) is 0 Å². The number of hydrogen-bond donors (Lipinski definition) is 0. The number of fused-ring (bicyclic) bond motifs is 1. The number of aromatic nitrogens is 5. The second-order valence-electron chi connectivity index (χ2n) is 7.92. The van der Waals surface area contributed by atoms with Crippen LogP contribution in [-0.2, 0) is 6.54 Å². The van der Waals surface area contributed by atoms with Gasteiger partial charge in [-0.15, -0.1) is 10.2 Å². The van der Waals surface area contributed by atoms with Crippen LogP contribution in [0.15, 0.2) is 40.9 Å². The van der Waals surface area contributed by atoms with Crippen LogP contribution >= 0.6 is 11.6 Å². The molecular formula is C23H25ClN6O2. The number of benzene rings is 1. The van der Waals surface area contributed by atoms with E-state index in [0.717, 1.165) is 17.5 Å². The minimum atomic E-state index is -0.131. The number of amides is 1. The number of hydrogen-bond acceptors (Lipinski definition) is 6. The lowest BCUT2D eigenvalue weighted by atomic mass is 10.1. The van der Waals surface area contributed by atoms with Gasteiger partial charge in [-0.3, -0.25) is 4.79 Å². The highest BCUT2D eigenvalue weighted by Crippen LogP contribution is 2.27. The molecule has 3 aromatic heterocycles. The summed E-state index contributed by atoms with van der Waals surface area (Å²) in [5, 5.41) is 14.0. The molecule has 0 unspecified atom stereocenters. The van der Waals surface area contributed by atoms with Gasteiger partial charge in [0.1, 0.15) is 0 Å². The molecule has 3 heterocycles. The fourth-order valence-electron chi connectivity index (χ4n) is 3.58. The second kappa shape index (κ2) is 9.08. The molecule has 4 rings (SSSR count). The van der Waals surface area contributed by atoms with Crippen molar-refractivity contribution in [2.45, 2.75) is 46.7 Å². The van der Waals surface area contributed by atoms with Crippen LogP contribution < -0.4 is 0 Å². The molecule has 0 saturated heterocycles. The van der Waals surface area contributed by atoms with Gasteiger partial charge in [-0.1, -0.05) is 30.7 Å². The van der Waals surface area contributed by atoms with Crippen molar-refractivity contribution in [3.8, 4) is 11.5 Å². The fourth-order valence-corrected chi connectivity index (χ4v) is 3.79. The highest BCUT2D eigenvalue weighted by molar-refractivity contribution is 6.33. The van der Waals surface area contributed by atoms with Crippen LogP contribution in [0.1, 0.15) is 55.2 Å². The topological polar surface area (TPSA) is 89.9 Å². The number of halogens is 1. The van der Waals surface area contributed by atoms with E-state index in [2.05, 4.69) is 20.3 Å². The van der Waals surface area contributed by atoms with Gasteiger partial charge < -0.3 is 9.32 Å². The Hall–Kier alpha value is -3.26. The van der Waals surface area contributed by atoms with Crippen LogP contribution in [0, 0.1) is 6.92 Å². The molecule has 0 saturated carbocycles. The van der Waals surface area contributed by atoms with E-state index in [-0.39, 0.29) is 18.5 Å². The van der Waals surface area contributed by atoms with Gasteiger partial charge >= 0.3 is 0 Å². The van der Waals surface area contributed by atoms with Gasteiger partial charge in [0.15, 0.2) is 5.65 Å². The van der Waals surface area contributed by atoms with Gasteiger partial charge in [-0.25, -0.2) is 9.67 Å². The molecule has 166 valence electrons. The average Bonchev–Trinajstić information content (AvgIpc) is 3.39. The normalized spacial score (nSPS) is 11.4. The molecule has 4 aromatic rings. The largest absolute Gasteiger partial charge is 0.419 e. The van der Waals surface area contributed by atoms with Crippen molar-refractivity contribution in [1.82, 2.24) is 29.9 Å². The molecule has 0 fully saturated rings. The number of pyridine rings is 1. The Balaban J connectivity index is 1.61. The van der Waals surface area contributed by atoms with Gasteiger partial charge in [0.2, 0.25) is 11.8 Å². The van der Waals surface area contributed by atoms with Crippen molar-refractivity contribution < 1.29 is 9.21 Å². The highest BCUT2D eigenvalue weighted by Gasteiger charge is 2.23. The highest BCUT2D eigenvalue weighted by atomic mass is 35.5. The summed E-state index contributed by atoms with van der Waals surface area (Å²) in [6.07, 6.45) is 2.54. The molecule has 0 atom stereocenters. The Bertz CT molecular complexity index is 1260. The predicted octanol–water partition coefficient (Wildman–Crippen LogP) is 5.08. The lowest BCUT2D eigenvalue weighted by Crippen LogP contribution is -2.32. The molecule has 0 N–H and O–H groups in total. The van der Waals surface area contributed by atoms with Gasteiger partial charge in [-0.2, -0.15) is 5.10 Å². The fraction of sp³-hybridized carbons (Fsp3) is 0.348. The Morgan fingerprint density at radius 1 is 1.25 bits per heavy atom. The zero-order valence-electron chi connectivity index (χ0n) is 18.5. The summed E-state index contributed by atoms with van der Waals surface area (Å²) < 4.78 is 7.67. The van der Waals surface area contributed by atoms with E-state index < -0.39 is 0 Å². The Labute approximate surface area is 191 Å². The van der Waals surface area contributed by atoms with E-state index >= 15 is 0 Å². The van der Waals surface area contributed by atoms with Crippen molar-refractivity contribution >= 4 is 28.5 Å². The van der Waals surface area contributed by atoms with Crippen LogP contribution in [0.4, 0.5) is 0 Å². The minimum absolute atomic E-state index is 0.131. The zero-order chi connectivity index (χ0) is 22.8. The molecule has 32 heavy (non-hydrogen) atoms. The van der Waals surface area contributed by atoms with Crippen LogP contribution in [0.2, 0.25) is 5.02 Å². The standard InChI is InChI=1S/C23H25ClN6O2/c1-5-10-29(13-20-27-28-22(32-20)17-8-6-7-9-19(17)24)23(31)18-11-16-12-25-30(14(2)3)21(16)26-15(18)4/h6-9,11-12,14H,5,10,13H2,1-4H3. The van der Waals surface area contributed by atoms with Crippen LogP contribution in [0.25, 0.3) is 22.5 Å². The van der Waals surface area contributed by atoms with Crippen molar-refractivity contribution in [3.63, 3.8) is 0 Å². The number of aryl methyl sites for hydroxylation is 1. The van der Waals surface area contributed by atoms with E-state index in [0.29, 0.717) is 40.2 Å². The first-order valence-corrected chi connectivity index (χ1v) is 11.0. The van der Waals surface area contributed by atoms with Crippen molar-refractivity contribution in [2.75, 3.05) is 6.54 Å². The summed E-state index contributed by atoms with van der Waals surface area (Å²) in [7, 11) is 0. The smallest absolute Gasteiger partial charge is 0.256 e. The maximum absolute atomic E-state index is 13.4. The summed E-state index contributed by atoms with van der Waals surface area (Å²) in [6, 6.07) is 9.31. The van der Waals surface area contributed by atoms with Crippen molar-refractivity contribution in [1.29, 1.82) is 0 Å². The first kappa shape index (κ1) is 22.0. The summed E-state index contributed by atoms with van der Waals surface area (Å²) in [6.45, 7) is 8.71. The van der Waals surface area contributed by atoms with E-state index in [1.54, 1.807) is 17.2 Å². The number of carbonyl (C=O) groups is 1. The molecule has 0 bridgehead atoms. The molecule has 9 heteroatoms. The quantitative estimate of drug-likeness (QED) is 0.388. The first-order valence-electron chi connectivity index (χ1n) is 10.6. The maximum atomic E-state index is 13.4. The lowest BCUT2D eigenvalue weighted by molar-refractivity contribution is 0.0727. The second-order valence-corrected chi connectivity index (χ2v) is 8.33. The molecule has 0 aliphatic carbocycles. The SMILES string of the molecule is CCCN(Cc1nnc(-c2ccccc2Cl)o1)C(=O)c1cc2cnn(C(C)C)c2nc1C. The molecule has 1 aromatic carbocycles.